The zero-order chi connectivity index (χ0) is 15.2. The minimum absolute atomic E-state index is 0.292. The number of hydrogen-bond acceptors (Lipinski definition) is 2. The number of furan rings is 1. The van der Waals surface area contributed by atoms with Gasteiger partial charge in [-0.2, -0.15) is 0 Å². The molecule has 0 fully saturated rings. The van der Waals surface area contributed by atoms with Crippen LogP contribution in [-0.2, 0) is 6.42 Å². The van der Waals surface area contributed by atoms with E-state index in [1.54, 1.807) is 6.26 Å². The summed E-state index contributed by atoms with van der Waals surface area (Å²) in [7, 11) is 0. The molecule has 1 aromatic heterocycles. The van der Waals surface area contributed by atoms with Gasteiger partial charge in [-0.05, 0) is 68.7 Å². The molecule has 0 saturated heterocycles. The van der Waals surface area contributed by atoms with Gasteiger partial charge in [0.1, 0.15) is 5.76 Å². The summed E-state index contributed by atoms with van der Waals surface area (Å²) in [6.45, 7) is 6.28. The Morgan fingerprint density at radius 3 is 2.81 bits per heavy atom. The highest BCUT2D eigenvalue weighted by Crippen LogP contribution is 2.16. The second-order valence-electron chi connectivity index (χ2n) is 5.44. The van der Waals surface area contributed by atoms with Crippen LogP contribution >= 0.6 is 12.2 Å². The van der Waals surface area contributed by atoms with Gasteiger partial charge in [0.15, 0.2) is 5.11 Å². The van der Waals surface area contributed by atoms with Crippen LogP contribution < -0.4 is 10.6 Å². The molecule has 0 aliphatic rings. The van der Waals surface area contributed by atoms with E-state index in [0.29, 0.717) is 11.2 Å². The third-order valence-corrected chi connectivity index (χ3v) is 3.64. The Labute approximate surface area is 131 Å². The molecule has 2 N–H and O–H groups in total. The zero-order valence-electron chi connectivity index (χ0n) is 12.8. The van der Waals surface area contributed by atoms with Crippen molar-refractivity contribution < 1.29 is 4.42 Å². The van der Waals surface area contributed by atoms with Gasteiger partial charge in [0.05, 0.1) is 6.26 Å². The fourth-order valence-corrected chi connectivity index (χ4v) is 2.45. The Balaban J connectivity index is 1.82. The van der Waals surface area contributed by atoms with Gasteiger partial charge in [0, 0.05) is 18.2 Å². The molecule has 4 heteroatoms. The van der Waals surface area contributed by atoms with Crippen molar-refractivity contribution in [3.05, 3.63) is 53.5 Å². The predicted molar refractivity (Wildman–Crippen MR) is 91.8 cm³/mol. The smallest absolute Gasteiger partial charge is 0.170 e. The van der Waals surface area contributed by atoms with Gasteiger partial charge in [0.2, 0.25) is 0 Å². The molecule has 0 aliphatic carbocycles. The van der Waals surface area contributed by atoms with Gasteiger partial charge in [0.25, 0.3) is 0 Å². The molecule has 0 unspecified atom stereocenters. The van der Waals surface area contributed by atoms with Crippen LogP contribution in [-0.4, -0.2) is 11.2 Å². The zero-order valence-corrected chi connectivity index (χ0v) is 13.6. The maximum atomic E-state index is 5.38. The molecule has 3 nitrogen and oxygen atoms in total. The van der Waals surface area contributed by atoms with E-state index >= 15 is 0 Å². The van der Waals surface area contributed by atoms with E-state index in [1.165, 1.54) is 11.1 Å². The molecule has 0 spiro atoms. The summed E-state index contributed by atoms with van der Waals surface area (Å²) in [4.78, 5) is 0. The third kappa shape index (κ3) is 4.90. The van der Waals surface area contributed by atoms with Crippen LogP contribution in [0.3, 0.4) is 0 Å². The van der Waals surface area contributed by atoms with Gasteiger partial charge in [-0.15, -0.1) is 0 Å². The van der Waals surface area contributed by atoms with Crippen molar-refractivity contribution in [3.63, 3.8) is 0 Å². The van der Waals surface area contributed by atoms with Crippen molar-refractivity contribution in [2.75, 3.05) is 5.32 Å². The van der Waals surface area contributed by atoms with Gasteiger partial charge < -0.3 is 15.1 Å². The summed E-state index contributed by atoms with van der Waals surface area (Å²) in [6.07, 6.45) is 3.59. The standard InChI is InChI=1S/C17H22N2OS/c1-12-6-7-13(2)16(11-12)19-17(21)18-14(3)8-9-15-5-4-10-20-15/h4-7,10-11,14H,8-9H2,1-3H3,(H2,18,19,21)/t14-/m0/s1. The van der Waals surface area contributed by atoms with Crippen molar-refractivity contribution >= 4 is 23.0 Å². The topological polar surface area (TPSA) is 37.2 Å². The van der Waals surface area contributed by atoms with Crippen LogP contribution in [0.4, 0.5) is 5.69 Å². The molecular weight excluding hydrogens is 280 g/mol. The first-order valence-electron chi connectivity index (χ1n) is 7.22. The van der Waals surface area contributed by atoms with E-state index in [0.717, 1.165) is 24.3 Å². The van der Waals surface area contributed by atoms with Gasteiger partial charge in [-0.1, -0.05) is 12.1 Å². The highest BCUT2D eigenvalue weighted by Gasteiger charge is 2.07. The largest absolute Gasteiger partial charge is 0.469 e. The molecule has 0 aliphatic heterocycles. The van der Waals surface area contributed by atoms with Crippen LogP contribution in [0, 0.1) is 13.8 Å². The minimum atomic E-state index is 0.292. The summed E-state index contributed by atoms with van der Waals surface area (Å²) in [5.74, 6) is 1.01. The molecule has 2 aromatic rings. The predicted octanol–water partition coefficient (Wildman–Crippen LogP) is 4.20. The van der Waals surface area contributed by atoms with Crippen LogP contribution in [0.25, 0.3) is 0 Å². The summed E-state index contributed by atoms with van der Waals surface area (Å²) >= 11 is 5.38. The lowest BCUT2D eigenvalue weighted by atomic mass is 10.1. The summed E-state index contributed by atoms with van der Waals surface area (Å²) in [6, 6.07) is 10.5. The lowest BCUT2D eigenvalue weighted by Crippen LogP contribution is -2.36. The first-order chi connectivity index (χ1) is 10.0. The Morgan fingerprint density at radius 2 is 2.10 bits per heavy atom. The monoisotopic (exact) mass is 302 g/mol. The van der Waals surface area contributed by atoms with Crippen LogP contribution in [0.2, 0.25) is 0 Å². The number of nitrogens with one attached hydrogen (secondary N) is 2. The fourth-order valence-electron chi connectivity index (χ4n) is 2.14. The van der Waals surface area contributed by atoms with Crippen molar-refractivity contribution in [2.24, 2.45) is 0 Å². The molecule has 0 saturated carbocycles. The Bertz CT molecular complexity index is 593. The number of anilines is 1. The molecule has 112 valence electrons. The van der Waals surface area contributed by atoms with E-state index < -0.39 is 0 Å². The molecule has 21 heavy (non-hydrogen) atoms. The van der Waals surface area contributed by atoms with Crippen LogP contribution in [0.5, 0.6) is 0 Å². The first kappa shape index (κ1) is 15.6. The quantitative estimate of drug-likeness (QED) is 0.812. The van der Waals surface area contributed by atoms with Crippen LogP contribution in [0.15, 0.2) is 41.0 Å². The van der Waals surface area contributed by atoms with E-state index in [1.807, 2.05) is 12.1 Å². The second kappa shape index (κ2) is 7.27. The van der Waals surface area contributed by atoms with Crippen molar-refractivity contribution in [2.45, 2.75) is 39.7 Å². The molecule has 0 radical (unpaired) electrons. The maximum Gasteiger partial charge on any atom is 0.170 e. The maximum absolute atomic E-state index is 5.38. The summed E-state index contributed by atoms with van der Waals surface area (Å²) in [5.41, 5.74) is 3.47. The normalized spacial score (nSPS) is 12.0. The lowest BCUT2D eigenvalue weighted by molar-refractivity contribution is 0.483. The number of rotatable bonds is 5. The average molecular weight is 302 g/mol. The molecule has 0 amide bonds. The first-order valence-corrected chi connectivity index (χ1v) is 7.62. The van der Waals surface area contributed by atoms with E-state index in [4.69, 9.17) is 16.6 Å². The molecule has 2 rings (SSSR count). The van der Waals surface area contributed by atoms with Gasteiger partial charge >= 0.3 is 0 Å². The highest BCUT2D eigenvalue weighted by molar-refractivity contribution is 7.80. The fraction of sp³-hybridized carbons (Fsp3) is 0.353. The molecule has 1 aromatic carbocycles. The van der Waals surface area contributed by atoms with Crippen molar-refractivity contribution in [1.29, 1.82) is 0 Å². The van der Waals surface area contributed by atoms with Gasteiger partial charge in [-0.25, -0.2) is 0 Å². The summed E-state index contributed by atoms with van der Waals surface area (Å²) in [5, 5.41) is 7.25. The number of hydrogen-bond donors (Lipinski definition) is 2. The van der Waals surface area contributed by atoms with Crippen molar-refractivity contribution in [1.82, 2.24) is 5.32 Å². The number of thiocarbonyl (C=S) groups is 1. The average Bonchev–Trinajstić information content (AvgIpc) is 2.94. The minimum Gasteiger partial charge on any atom is -0.469 e. The second-order valence-corrected chi connectivity index (χ2v) is 5.84. The number of aryl methyl sites for hydroxylation is 3. The molecular formula is C17H22N2OS. The van der Waals surface area contributed by atoms with Gasteiger partial charge in [-0.3, -0.25) is 0 Å². The third-order valence-electron chi connectivity index (χ3n) is 3.42. The number of benzene rings is 1. The molecule has 1 heterocycles. The van der Waals surface area contributed by atoms with Crippen LogP contribution in [0.1, 0.15) is 30.2 Å². The SMILES string of the molecule is Cc1ccc(C)c(NC(=S)N[C@@H](C)CCc2ccco2)c1. The van der Waals surface area contributed by atoms with Crippen molar-refractivity contribution in [3.8, 4) is 0 Å². The summed E-state index contributed by atoms with van der Waals surface area (Å²) < 4.78 is 5.34. The van der Waals surface area contributed by atoms with E-state index in [-0.39, 0.29) is 0 Å². The Kier molecular flexibility index (Phi) is 5.39. The Morgan fingerprint density at radius 1 is 1.29 bits per heavy atom. The highest BCUT2D eigenvalue weighted by atomic mass is 32.1. The lowest BCUT2D eigenvalue weighted by Gasteiger charge is -2.17. The molecule has 1 atom stereocenters. The Hall–Kier alpha value is -1.81. The van der Waals surface area contributed by atoms with E-state index in [2.05, 4.69) is 49.6 Å². The molecule has 0 bridgehead atoms. The van der Waals surface area contributed by atoms with E-state index in [9.17, 15) is 0 Å².